The molecule has 0 aromatic heterocycles. The van der Waals surface area contributed by atoms with Crippen LogP contribution in [0.1, 0.15) is 60.3 Å². The summed E-state index contributed by atoms with van der Waals surface area (Å²) in [5.41, 5.74) is 7.68. The Morgan fingerprint density at radius 2 is 1.14 bits per heavy atom. The number of anilines is 2. The molecule has 324 valence electrons. The van der Waals surface area contributed by atoms with Crippen LogP contribution >= 0.6 is 0 Å². The third-order valence-corrected chi connectivity index (χ3v) is 11.1. The molecule has 0 saturated carbocycles. The Morgan fingerprint density at radius 1 is 0.667 bits per heavy atom. The molecule has 2 amide bonds. The van der Waals surface area contributed by atoms with Crippen molar-refractivity contribution in [1.29, 1.82) is 0 Å². The summed E-state index contributed by atoms with van der Waals surface area (Å²) in [5, 5.41) is 5.35. The molecule has 2 aliphatic heterocycles. The van der Waals surface area contributed by atoms with Gasteiger partial charge in [0, 0.05) is 73.3 Å². The maximum atomic E-state index is 13.5. The first kappa shape index (κ1) is 43.6. The monoisotopic (exact) mass is 850 g/mol. The number of fused-ring (bicyclic) bond motifs is 2. The Bertz CT molecular complexity index is 2420. The van der Waals surface area contributed by atoms with E-state index in [0.29, 0.717) is 63.2 Å². The Kier molecular flexibility index (Phi) is 13.8. The van der Waals surface area contributed by atoms with Crippen molar-refractivity contribution in [2.45, 2.75) is 45.1 Å². The lowest BCUT2D eigenvalue weighted by atomic mass is 10.1. The molecule has 63 heavy (non-hydrogen) atoms. The van der Waals surface area contributed by atoms with Gasteiger partial charge in [0.25, 0.3) is 5.91 Å². The van der Waals surface area contributed by atoms with E-state index in [-0.39, 0.29) is 43.3 Å². The van der Waals surface area contributed by atoms with Crippen LogP contribution in [0.2, 0.25) is 0 Å². The van der Waals surface area contributed by atoms with E-state index in [1.807, 2.05) is 56.9 Å². The second kappa shape index (κ2) is 19.9. The lowest BCUT2D eigenvalue weighted by Gasteiger charge is -2.19. The van der Waals surface area contributed by atoms with Crippen LogP contribution in [-0.2, 0) is 30.8 Å². The first-order valence-corrected chi connectivity index (χ1v) is 20.6. The normalized spacial score (nSPS) is 15.3. The van der Waals surface area contributed by atoms with E-state index in [1.54, 1.807) is 43.3 Å². The average Bonchev–Trinajstić information content (AvgIpc) is 3.81. The highest BCUT2D eigenvalue weighted by Gasteiger charge is 2.26. The molecule has 1 unspecified atom stereocenters. The van der Waals surface area contributed by atoms with Crippen molar-refractivity contribution < 1.29 is 38.1 Å². The standard InChI is InChI=1S/C49H50N6O8/c1-6-50-48(58)26-53-49(59)35-16-31(29-62-46-22-40(36(27-56)20-44(46)60-4)51-24-38-18-33-11-7-9-13-42(33)54(38)2)15-32(17-35)30-63-47-23-41(37(28-57)21-45(47)61-5)52-25-39-19-34-12-8-10-14-43(34)55(39)3/h7-17,20-25,27-28,38-39H,6,18-19,26,29-30H2,1-5H3,(H,50,58)(H,53,59)/t38-,39?/m0/s1. The number of methoxy groups -OCH3 is 2. The number of nitrogens with one attached hydrogen (secondary N) is 2. The second-order valence-corrected chi connectivity index (χ2v) is 15.2. The molecule has 0 fully saturated rings. The Labute approximate surface area is 366 Å². The van der Waals surface area contributed by atoms with Crippen molar-refractivity contribution in [2.75, 3.05) is 51.2 Å². The number of para-hydroxylation sites is 2. The van der Waals surface area contributed by atoms with Crippen molar-refractivity contribution in [3.63, 3.8) is 0 Å². The number of benzene rings is 5. The number of carbonyl (C=O) groups is 4. The van der Waals surface area contributed by atoms with Gasteiger partial charge in [-0.05, 0) is 84.5 Å². The van der Waals surface area contributed by atoms with Crippen molar-refractivity contribution in [3.8, 4) is 23.0 Å². The van der Waals surface area contributed by atoms with Crippen LogP contribution in [0.25, 0.3) is 0 Å². The molecule has 14 nitrogen and oxygen atoms in total. The zero-order valence-electron chi connectivity index (χ0n) is 35.9. The van der Waals surface area contributed by atoms with Gasteiger partial charge in [-0.3, -0.25) is 29.2 Å². The maximum Gasteiger partial charge on any atom is 0.251 e. The topological polar surface area (TPSA) is 160 Å². The summed E-state index contributed by atoms with van der Waals surface area (Å²) in [4.78, 5) is 63.9. The van der Waals surface area contributed by atoms with Gasteiger partial charge in [-0.25, -0.2) is 0 Å². The number of aldehydes is 2. The number of carbonyl (C=O) groups excluding carboxylic acids is 4. The number of nitrogens with zero attached hydrogens (tertiary/aromatic N) is 4. The minimum Gasteiger partial charge on any atom is -0.493 e. The van der Waals surface area contributed by atoms with Crippen LogP contribution in [0, 0.1) is 0 Å². The Hall–Kier alpha value is -7.48. The van der Waals surface area contributed by atoms with Crippen molar-refractivity contribution in [2.24, 2.45) is 9.98 Å². The number of hydrogen-bond donors (Lipinski definition) is 2. The summed E-state index contributed by atoms with van der Waals surface area (Å²) >= 11 is 0. The zero-order valence-corrected chi connectivity index (χ0v) is 35.9. The minimum atomic E-state index is -0.475. The first-order valence-electron chi connectivity index (χ1n) is 20.6. The molecule has 2 heterocycles. The third kappa shape index (κ3) is 10.0. The van der Waals surface area contributed by atoms with E-state index in [1.165, 1.54) is 25.3 Å². The number of aliphatic imine (C=N–C) groups is 2. The molecule has 5 aromatic rings. The van der Waals surface area contributed by atoms with E-state index >= 15 is 0 Å². The molecule has 7 rings (SSSR count). The van der Waals surface area contributed by atoms with Gasteiger partial charge >= 0.3 is 0 Å². The largest absolute Gasteiger partial charge is 0.493 e. The Morgan fingerprint density at radius 3 is 1.57 bits per heavy atom. The zero-order chi connectivity index (χ0) is 44.5. The van der Waals surface area contributed by atoms with E-state index in [9.17, 15) is 19.2 Å². The second-order valence-electron chi connectivity index (χ2n) is 15.2. The lowest BCUT2D eigenvalue weighted by molar-refractivity contribution is -0.120. The minimum absolute atomic E-state index is 0.00406. The van der Waals surface area contributed by atoms with E-state index in [0.717, 1.165) is 36.8 Å². The molecule has 14 heteroatoms. The molecule has 2 atom stereocenters. The van der Waals surface area contributed by atoms with Gasteiger partial charge in [-0.1, -0.05) is 36.4 Å². The SMILES string of the molecule is CCNC(=O)CNC(=O)c1cc(COc2cc(N=CC3Cc4ccccc4N3C)c(C=O)cc2OC)cc(COc2cc(N=C[C@@H]3Cc4ccccc4N3C)c(C=O)cc2OC)c1. The quantitative estimate of drug-likeness (QED) is 0.0703. The lowest BCUT2D eigenvalue weighted by Crippen LogP contribution is -2.36. The Balaban J connectivity index is 1.13. The van der Waals surface area contributed by atoms with Crippen LogP contribution in [0.4, 0.5) is 22.7 Å². The molecule has 2 aliphatic rings. The molecular formula is C49H50N6O8. The predicted octanol–water partition coefficient (Wildman–Crippen LogP) is 6.88. The van der Waals surface area contributed by atoms with Crippen LogP contribution < -0.4 is 39.4 Å². The highest BCUT2D eigenvalue weighted by molar-refractivity contribution is 5.97. The molecule has 0 spiro atoms. The fourth-order valence-electron chi connectivity index (χ4n) is 7.77. The van der Waals surface area contributed by atoms with Crippen LogP contribution in [0.3, 0.4) is 0 Å². The van der Waals surface area contributed by atoms with E-state index in [4.69, 9.17) is 28.9 Å². The summed E-state index contributed by atoms with van der Waals surface area (Å²) < 4.78 is 23.9. The highest BCUT2D eigenvalue weighted by Crippen LogP contribution is 2.38. The van der Waals surface area contributed by atoms with Gasteiger partial charge in [0.15, 0.2) is 35.6 Å². The number of likely N-dealkylation sites (N-methyl/N-ethyl adjacent to an activating group) is 3. The van der Waals surface area contributed by atoms with Crippen molar-refractivity contribution in [3.05, 3.63) is 130 Å². The van der Waals surface area contributed by atoms with Gasteiger partial charge in [0.2, 0.25) is 5.91 Å². The molecule has 0 aliphatic carbocycles. The van der Waals surface area contributed by atoms with Crippen LogP contribution in [0.15, 0.2) is 101 Å². The fraction of sp³-hybridized carbons (Fsp3) is 0.265. The third-order valence-electron chi connectivity index (χ3n) is 11.1. The van der Waals surface area contributed by atoms with Gasteiger partial charge in [0.05, 0.1) is 44.2 Å². The maximum absolute atomic E-state index is 13.5. The summed E-state index contributed by atoms with van der Waals surface area (Å²) in [5.74, 6) is 0.529. The summed E-state index contributed by atoms with van der Waals surface area (Å²) in [7, 11) is 7.00. The van der Waals surface area contributed by atoms with Gasteiger partial charge < -0.3 is 39.4 Å². The number of rotatable bonds is 18. The fourth-order valence-corrected chi connectivity index (χ4v) is 7.77. The van der Waals surface area contributed by atoms with Crippen molar-refractivity contribution >= 4 is 59.6 Å². The van der Waals surface area contributed by atoms with Gasteiger partial charge in [-0.15, -0.1) is 0 Å². The van der Waals surface area contributed by atoms with E-state index < -0.39 is 5.91 Å². The van der Waals surface area contributed by atoms with E-state index in [2.05, 4.69) is 44.7 Å². The molecular weight excluding hydrogens is 801 g/mol. The summed E-state index contributed by atoms with van der Waals surface area (Å²) in [6.07, 6.45) is 6.68. The van der Waals surface area contributed by atoms with Crippen LogP contribution in [0.5, 0.6) is 23.0 Å². The van der Waals surface area contributed by atoms with Crippen molar-refractivity contribution in [1.82, 2.24) is 10.6 Å². The summed E-state index contributed by atoms with van der Waals surface area (Å²) in [6, 6.07) is 28.0. The molecule has 2 N–H and O–H groups in total. The molecule has 5 aromatic carbocycles. The van der Waals surface area contributed by atoms with Gasteiger partial charge in [0.1, 0.15) is 13.2 Å². The van der Waals surface area contributed by atoms with Gasteiger partial charge in [-0.2, -0.15) is 0 Å². The average molecular weight is 851 g/mol. The highest BCUT2D eigenvalue weighted by atomic mass is 16.5. The predicted molar refractivity (Wildman–Crippen MR) is 244 cm³/mol. The number of hydrogen-bond acceptors (Lipinski definition) is 12. The number of ether oxygens (including phenoxy) is 4. The number of amides is 2. The first-order chi connectivity index (χ1) is 30.6. The molecule has 0 saturated heterocycles. The molecule has 0 bridgehead atoms. The summed E-state index contributed by atoms with van der Waals surface area (Å²) in [6.45, 7) is 1.98. The molecule has 0 radical (unpaired) electrons. The van der Waals surface area contributed by atoms with Crippen LogP contribution in [-0.4, -0.2) is 90.3 Å². The smallest absolute Gasteiger partial charge is 0.251 e.